The second kappa shape index (κ2) is 13.6. The molecule has 0 spiro atoms. The maximum Gasteiger partial charge on any atom is 0.324 e. The number of alkyl halides is 1. The Balaban J connectivity index is 1.33. The summed E-state index contributed by atoms with van der Waals surface area (Å²) in [6, 6.07) is 0. The number of unbranched alkanes of at least 4 members (excludes halogenated alkanes) is 4. The van der Waals surface area contributed by atoms with E-state index >= 15 is 0 Å². The molecule has 2 nitrogen and oxygen atoms in total. The van der Waals surface area contributed by atoms with Crippen LogP contribution in [0.1, 0.15) is 151 Å². The number of hydrogen-bond donors (Lipinski definition) is 0. The van der Waals surface area contributed by atoms with Crippen LogP contribution in [0.5, 0.6) is 0 Å². The number of carbonyl (C=O) groups is 1. The number of rotatable bonds is 13. The number of carbonyl (C=O) groups excluding carboxylic acids is 1. The SMILES string of the molecule is CCCCCCC[C@H](Cl)C(=O)O[C@@H]1CC[C@@]2(C)C(=CC[C@H]3[C@@H]4CC[C@H]([C@@H](C)CCCC(C)C)[C@@]4(C)CC[C@@H]32)C1. The monoisotopic (exact) mass is 560 g/mol. The molecule has 39 heavy (non-hydrogen) atoms. The van der Waals surface area contributed by atoms with E-state index in [1.165, 1.54) is 83.5 Å². The van der Waals surface area contributed by atoms with Crippen molar-refractivity contribution in [3.8, 4) is 0 Å². The molecule has 0 amide bonds. The van der Waals surface area contributed by atoms with Crippen molar-refractivity contribution in [3.63, 3.8) is 0 Å². The lowest BCUT2D eigenvalue weighted by Crippen LogP contribution is -2.51. The Bertz CT molecular complexity index is 834. The van der Waals surface area contributed by atoms with Crippen LogP contribution in [0.25, 0.3) is 0 Å². The number of fused-ring (bicyclic) bond motifs is 5. The third-order valence-electron chi connectivity index (χ3n) is 12.4. The number of hydrogen-bond acceptors (Lipinski definition) is 2. The van der Waals surface area contributed by atoms with Gasteiger partial charge in [-0.3, -0.25) is 4.79 Å². The van der Waals surface area contributed by atoms with Gasteiger partial charge in [0.15, 0.2) is 0 Å². The average molecular weight is 561 g/mol. The summed E-state index contributed by atoms with van der Waals surface area (Å²) < 4.78 is 6.02. The van der Waals surface area contributed by atoms with E-state index < -0.39 is 5.38 Å². The van der Waals surface area contributed by atoms with E-state index in [0.717, 1.165) is 61.2 Å². The normalized spacial score (nSPS) is 37.4. The van der Waals surface area contributed by atoms with Crippen LogP contribution in [0.4, 0.5) is 0 Å². The zero-order valence-corrected chi connectivity index (χ0v) is 27.2. The first-order valence-electron chi connectivity index (χ1n) is 17.1. The molecule has 3 fully saturated rings. The van der Waals surface area contributed by atoms with Crippen LogP contribution in [0.3, 0.4) is 0 Å². The first-order chi connectivity index (χ1) is 18.6. The molecule has 224 valence electrons. The van der Waals surface area contributed by atoms with Gasteiger partial charge in [0, 0.05) is 6.42 Å². The molecule has 4 aliphatic carbocycles. The van der Waals surface area contributed by atoms with Crippen molar-refractivity contribution in [3.05, 3.63) is 11.6 Å². The molecule has 9 atom stereocenters. The van der Waals surface area contributed by atoms with Gasteiger partial charge in [0.1, 0.15) is 11.5 Å². The summed E-state index contributed by atoms with van der Waals surface area (Å²) in [6.45, 7) is 14.8. The molecule has 0 aromatic carbocycles. The van der Waals surface area contributed by atoms with Crippen molar-refractivity contribution >= 4 is 17.6 Å². The predicted octanol–water partition coefficient (Wildman–Crippen LogP) is 10.9. The van der Waals surface area contributed by atoms with Crippen molar-refractivity contribution in [2.24, 2.45) is 46.3 Å². The highest BCUT2D eigenvalue weighted by molar-refractivity contribution is 6.29. The fourth-order valence-electron chi connectivity index (χ4n) is 10.0. The van der Waals surface area contributed by atoms with Crippen molar-refractivity contribution < 1.29 is 9.53 Å². The molecule has 0 bridgehead atoms. The van der Waals surface area contributed by atoms with Crippen LogP contribution in [-0.2, 0) is 9.53 Å². The molecule has 3 heteroatoms. The third-order valence-corrected chi connectivity index (χ3v) is 12.8. The predicted molar refractivity (Wildman–Crippen MR) is 166 cm³/mol. The van der Waals surface area contributed by atoms with Crippen molar-refractivity contribution in [1.29, 1.82) is 0 Å². The van der Waals surface area contributed by atoms with Gasteiger partial charge in [0.2, 0.25) is 0 Å². The van der Waals surface area contributed by atoms with Crippen LogP contribution in [0.2, 0.25) is 0 Å². The van der Waals surface area contributed by atoms with E-state index in [4.69, 9.17) is 16.3 Å². The van der Waals surface area contributed by atoms with Gasteiger partial charge in [0.25, 0.3) is 0 Å². The number of esters is 1. The second-order valence-electron chi connectivity index (χ2n) is 15.3. The summed E-state index contributed by atoms with van der Waals surface area (Å²) >= 11 is 6.47. The minimum Gasteiger partial charge on any atom is -0.461 e. The van der Waals surface area contributed by atoms with Crippen LogP contribution in [-0.4, -0.2) is 17.5 Å². The highest BCUT2D eigenvalue weighted by Gasteiger charge is 2.59. The minimum absolute atomic E-state index is 0.0196. The summed E-state index contributed by atoms with van der Waals surface area (Å²) in [5.41, 5.74) is 2.44. The Morgan fingerprint density at radius 2 is 1.72 bits per heavy atom. The number of ether oxygens (including phenoxy) is 1. The average Bonchev–Trinajstić information content (AvgIpc) is 3.25. The molecular formula is C36H61ClO2. The van der Waals surface area contributed by atoms with Gasteiger partial charge in [-0.2, -0.15) is 0 Å². The Morgan fingerprint density at radius 1 is 0.949 bits per heavy atom. The highest BCUT2D eigenvalue weighted by atomic mass is 35.5. The van der Waals surface area contributed by atoms with Gasteiger partial charge in [-0.1, -0.05) is 105 Å². The lowest BCUT2D eigenvalue weighted by molar-refractivity contribution is -0.151. The summed E-state index contributed by atoms with van der Waals surface area (Å²) in [4.78, 5) is 12.8. The smallest absolute Gasteiger partial charge is 0.324 e. The highest BCUT2D eigenvalue weighted by Crippen LogP contribution is 2.67. The van der Waals surface area contributed by atoms with E-state index in [2.05, 4.69) is 47.6 Å². The Labute approximate surface area is 246 Å². The summed E-state index contributed by atoms with van der Waals surface area (Å²) in [7, 11) is 0. The molecule has 0 unspecified atom stereocenters. The summed E-state index contributed by atoms with van der Waals surface area (Å²) in [5, 5.41) is -0.483. The molecule has 0 aromatic heterocycles. The molecule has 0 radical (unpaired) electrons. The quantitative estimate of drug-likeness (QED) is 0.0968. The van der Waals surface area contributed by atoms with Gasteiger partial charge in [-0.25, -0.2) is 0 Å². The van der Waals surface area contributed by atoms with Gasteiger partial charge in [-0.15, -0.1) is 11.6 Å². The van der Waals surface area contributed by atoms with Gasteiger partial charge in [0.05, 0.1) is 0 Å². The Hall–Kier alpha value is -0.500. The molecule has 0 saturated heterocycles. The topological polar surface area (TPSA) is 26.3 Å². The zero-order valence-electron chi connectivity index (χ0n) is 26.4. The van der Waals surface area contributed by atoms with Crippen LogP contribution in [0, 0.1) is 46.3 Å². The van der Waals surface area contributed by atoms with Gasteiger partial charge < -0.3 is 4.74 Å². The fourth-order valence-corrected chi connectivity index (χ4v) is 10.2. The Morgan fingerprint density at radius 3 is 2.46 bits per heavy atom. The van der Waals surface area contributed by atoms with Crippen LogP contribution < -0.4 is 0 Å². The van der Waals surface area contributed by atoms with Crippen LogP contribution in [0.15, 0.2) is 11.6 Å². The zero-order chi connectivity index (χ0) is 28.2. The van der Waals surface area contributed by atoms with E-state index in [1.54, 1.807) is 5.57 Å². The standard InChI is InChI=1S/C36H61ClO2/c1-7-8-9-10-11-15-33(37)34(38)39-28-20-22-35(5)27(24-28)16-17-29-31-19-18-30(26(4)14-12-13-25(2)3)36(31,6)23-21-32(29)35/h16,25-26,28-33H,7-15,17-24H2,1-6H3/t26-,28+,29-,30+,31-,32-,33-,35-,36+/m0/s1. The number of allylic oxidation sites excluding steroid dienone is 1. The fraction of sp³-hybridized carbons (Fsp3) is 0.917. The molecule has 4 rings (SSSR count). The first-order valence-corrected chi connectivity index (χ1v) is 17.6. The maximum absolute atomic E-state index is 12.8. The molecule has 0 heterocycles. The third kappa shape index (κ3) is 6.94. The molecule has 0 aliphatic heterocycles. The molecule has 0 aromatic rings. The lowest BCUT2D eigenvalue weighted by Gasteiger charge is -2.58. The van der Waals surface area contributed by atoms with Crippen molar-refractivity contribution in [2.45, 2.75) is 162 Å². The first kappa shape index (κ1) is 31.4. The second-order valence-corrected chi connectivity index (χ2v) is 15.8. The summed E-state index contributed by atoms with van der Waals surface area (Å²) in [5.74, 6) is 5.00. The maximum atomic E-state index is 12.8. The van der Waals surface area contributed by atoms with E-state index in [-0.39, 0.29) is 12.1 Å². The number of halogens is 1. The van der Waals surface area contributed by atoms with E-state index in [9.17, 15) is 4.79 Å². The Kier molecular flexibility index (Phi) is 11.0. The van der Waals surface area contributed by atoms with E-state index in [1.807, 2.05) is 0 Å². The molecule has 3 saturated carbocycles. The molecule has 4 aliphatic rings. The van der Waals surface area contributed by atoms with E-state index in [0.29, 0.717) is 10.8 Å². The summed E-state index contributed by atoms with van der Waals surface area (Å²) in [6.07, 6.45) is 23.6. The van der Waals surface area contributed by atoms with Crippen molar-refractivity contribution in [1.82, 2.24) is 0 Å². The van der Waals surface area contributed by atoms with Crippen molar-refractivity contribution in [2.75, 3.05) is 0 Å². The molecular weight excluding hydrogens is 500 g/mol. The van der Waals surface area contributed by atoms with Crippen LogP contribution >= 0.6 is 11.6 Å². The van der Waals surface area contributed by atoms with Gasteiger partial charge >= 0.3 is 5.97 Å². The largest absolute Gasteiger partial charge is 0.461 e. The molecule has 0 N–H and O–H groups in total. The van der Waals surface area contributed by atoms with Gasteiger partial charge in [-0.05, 0) is 97.7 Å². The minimum atomic E-state index is -0.483. The lowest BCUT2D eigenvalue weighted by atomic mass is 9.47.